The van der Waals surface area contributed by atoms with E-state index in [1.54, 1.807) is 17.3 Å². The van der Waals surface area contributed by atoms with Gasteiger partial charge in [-0.2, -0.15) is 0 Å². The summed E-state index contributed by atoms with van der Waals surface area (Å²) in [6.45, 7) is 3.92. The van der Waals surface area contributed by atoms with Gasteiger partial charge < -0.3 is 19.3 Å². The summed E-state index contributed by atoms with van der Waals surface area (Å²) in [5.41, 5.74) is 2.24. The topological polar surface area (TPSA) is 67.8 Å². The van der Waals surface area contributed by atoms with Gasteiger partial charge in [-0.15, -0.1) is 0 Å². The Hall–Kier alpha value is -2.74. The molecule has 0 bridgehead atoms. The zero-order valence-corrected chi connectivity index (χ0v) is 15.2. The Bertz CT molecular complexity index is 855. The van der Waals surface area contributed by atoms with Gasteiger partial charge in [0.05, 0.1) is 32.6 Å². The number of benzene rings is 1. The van der Waals surface area contributed by atoms with Crippen molar-refractivity contribution >= 4 is 11.7 Å². The van der Waals surface area contributed by atoms with Gasteiger partial charge in [0, 0.05) is 30.8 Å². The second-order valence-electron chi connectivity index (χ2n) is 6.55. The van der Waals surface area contributed by atoms with E-state index in [9.17, 15) is 9.18 Å². The van der Waals surface area contributed by atoms with Gasteiger partial charge in [-0.3, -0.25) is 4.79 Å². The van der Waals surface area contributed by atoms with Crippen LogP contribution in [0.1, 0.15) is 21.6 Å². The van der Waals surface area contributed by atoms with Gasteiger partial charge in [-0.25, -0.2) is 14.4 Å². The Morgan fingerprint density at radius 2 is 2.04 bits per heavy atom. The number of anilines is 1. The van der Waals surface area contributed by atoms with E-state index in [1.165, 1.54) is 19.2 Å². The number of ether oxygens (including phenoxy) is 2. The Morgan fingerprint density at radius 1 is 1.22 bits per heavy atom. The molecule has 1 aromatic heterocycles. The maximum Gasteiger partial charge on any atom is 0.254 e. The fourth-order valence-corrected chi connectivity index (χ4v) is 3.54. The van der Waals surface area contributed by atoms with Crippen LogP contribution in [0.2, 0.25) is 0 Å². The van der Waals surface area contributed by atoms with Crippen LogP contribution in [-0.4, -0.2) is 60.7 Å². The van der Waals surface area contributed by atoms with Crippen LogP contribution in [0, 0.1) is 5.82 Å². The third-order valence-electron chi connectivity index (χ3n) is 4.98. The van der Waals surface area contributed by atoms with Crippen molar-refractivity contribution < 1.29 is 18.7 Å². The molecule has 1 aromatic carbocycles. The molecule has 2 aliphatic rings. The lowest BCUT2D eigenvalue weighted by molar-refractivity contribution is 0.0731. The number of amides is 1. The van der Waals surface area contributed by atoms with Crippen LogP contribution in [0.25, 0.3) is 0 Å². The normalized spacial score (nSPS) is 16.8. The Labute approximate surface area is 156 Å². The van der Waals surface area contributed by atoms with Crippen LogP contribution in [0.3, 0.4) is 0 Å². The largest absolute Gasteiger partial charge is 0.494 e. The highest BCUT2D eigenvalue weighted by molar-refractivity contribution is 5.94. The first-order valence-electron chi connectivity index (χ1n) is 8.95. The van der Waals surface area contributed by atoms with E-state index in [2.05, 4.69) is 14.9 Å². The average Bonchev–Trinajstić information content (AvgIpc) is 2.73. The molecule has 2 aromatic rings. The molecule has 0 radical (unpaired) electrons. The van der Waals surface area contributed by atoms with Crippen molar-refractivity contribution in [1.82, 2.24) is 14.9 Å². The molecule has 1 fully saturated rings. The highest BCUT2D eigenvalue weighted by Gasteiger charge is 2.27. The summed E-state index contributed by atoms with van der Waals surface area (Å²) in [6, 6.07) is 4.27. The quantitative estimate of drug-likeness (QED) is 0.816. The van der Waals surface area contributed by atoms with Gasteiger partial charge >= 0.3 is 0 Å². The lowest BCUT2D eigenvalue weighted by Crippen LogP contribution is -2.40. The van der Waals surface area contributed by atoms with E-state index in [0.717, 1.165) is 30.2 Å². The zero-order chi connectivity index (χ0) is 18.8. The number of halogens is 1. The monoisotopic (exact) mass is 372 g/mol. The predicted molar refractivity (Wildman–Crippen MR) is 96.5 cm³/mol. The molecule has 0 unspecified atom stereocenters. The summed E-state index contributed by atoms with van der Waals surface area (Å²) in [5.74, 6) is 0.302. The first-order valence-corrected chi connectivity index (χ1v) is 8.95. The second kappa shape index (κ2) is 7.48. The highest BCUT2D eigenvalue weighted by atomic mass is 19.1. The van der Waals surface area contributed by atoms with Crippen LogP contribution in [-0.2, 0) is 17.7 Å². The van der Waals surface area contributed by atoms with E-state index in [1.807, 2.05) is 0 Å². The minimum atomic E-state index is -0.544. The summed E-state index contributed by atoms with van der Waals surface area (Å²) < 4.78 is 24.3. The summed E-state index contributed by atoms with van der Waals surface area (Å²) in [6.07, 6.45) is 2.22. The standard InChI is InChI=1S/C19H21FN4O3/c1-26-17-3-2-13(10-15(17)20)19(25)24-5-4-14-16(11-24)21-12-22-18(14)23-6-8-27-9-7-23/h2-3,10,12H,4-9,11H2,1H3. The van der Waals surface area contributed by atoms with Crippen molar-refractivity contribution in [2.75, 3.05) is 44.9 Å². The first-order chi connectivity index (χ1) is 13.2. The van der Waals surface area contributed by atoms with Gasteiger partial charge in [0.2, 0.25) is 0 Å². The maximum atomic E-state index is 13.9. The summed E-state index contributed by atoms with van der Waals surface area (Å²) >= 11 is 0. The highest BCUT2D eigenvalue weighted by Crippen LogP contribution is 2.27. The van der Waals surface area contributed by atoms with Gasteiger partial charge in [0.15, 0.2) is 11.6 Å². The number of aromatic nitrogens is 2. The average molecular weight is 372 g/mol. The third kappa shape index (κ3) is 3.44. The molecule has 7 nitrogen and oxygen atoms in total. The number of hydrogen-bond acceptors (Lipinski definition) is 6. The molecule has 1 amide bonds. The molecular weight excluding hydrogens is 351 g/mol. The van der Waals surface area contributed by atoms with Gasteiger partial charge in [0.1, 0.15) is 12.1 Å². The molecule has 3 heterocycles. The molecule has 142 valence electrons. The van der Waals surface area contributed by atoms with Crippen molar-refractivity contribution in [2.45, 2.75) is 13.0 Å². The van der Waals surface area contributed by atoms with E-state index in [4.69, 9.17) is 9.47 Å². The van der Waals surface area contributed by atoms with Crippen LogP contribution < -0.4 is 9.64 Å². The molecule has 27 heavy (non-hydrogen) atoms. The molecule has 0 aliphatic carbocycles. The van der Waals surface area contributed by atoms with Crippen LogP contribution in [0.15, 0.2) is 24.5 Å². The Balaban J connectivity index is 1.54. The maximum absolute atomic E-state index is 13.9. The molecule has 0 N–H and O–H groups in total. The second-order valence-corrected chi connectivity index (χ2v) is 6.55. The van der Waals surface area contributed by atoms with Crippen molar-refractivity contribution in [3.63, 3.8) is 0 Å². The van der Waals surface area contributed by atoms with Gasteiger partial charge in [0.25, 0.3) is 5.91 Å². The molecule has 0 spiro atoms. The van der Waals surface area contributed by atoms with E-state index in [-0.39, 0.29) is 11.7 Å². The number of nitrogens with zero attached hydrogens (tertiary/aromatic N) is 4. The SMILES string of the molecule is COc1ccc(C(=O)N2CCc3c(ncnc3N3CCOCC3)C2)cc1F. The third-order valence-corrected chi connectivity index (χ3v) is 4.98. The van der Waals surface area contributed by atoms with Crippen molar-refractivity contribution in [3.05, 3.63) is 47.2 Å². The molecule has 8 heteroatoms. The number of morpholine rings is 1. The van der Waals surface area contributed by atoms with Crippen molar-refractivity contribution in [1.29, 1.82) is 0 Å². The fourth-order valence-electron chi connectivity index (χ4n) is 3.54. The molecule has 2 aliphatic heterocycles. The molecule has 1 saturated heterocycles. The summed E-state index contributed by atoms with van der Waals surface area (Å²) in [7, 11) is 1.40. The fraction of sp³-hybridized carbons (Fsp3) is 0.421. The predicted octanol–water partition coefficient (Wildman–Crippen LogP) is 1.66. The van der Waals surface area contributed by atoms with Crippen LogP contribution in [0.5, 0.6) is 5.75 Å². The molecule has 0 saturated carbocycles. The lowest BCUT2D eigenvalue weighted by Gasteiger charge is -2.33. The van der Waals surface area contributed by atoms with Gasteiger partial charge in [-0.05, 0) is 24.6 Å². The molecular formula is C19H21FN4O3. The van der Waals surface area contributed by atoms with Crippen molar-refractivity contribution in [2.24, 2.45) is 0 Å². The Morgan fingerprint density at radius 3 is 2.78 bits per heavy atom. The Kier molecular flexibility index (Phi) is 4.89. The van der Waals surface area contributed by atoms with Crippen LogP contribution >= 0.6 is 0 Å². The summed E-state index contributed by atoms with van der Waals surface area (Å²) in [4.78, 5) is 25.6. The number of fused-ring (bicyclic) bond motifs is 1. The van der Waals surface area contributed by atoms with Crippen molar-refractivity contribution in [3.8, 4) is 5.75 Å². The van der Waals surface area contributed by atoms with E-state index < -0.39 is 5.82 Å². The molecule has 4 rings (SSSR count). The number of hydrogen-bond donors (Lipinski definition) is 0. The smallest absolute Gasteiger partial charge is 0.254 e. The minimum Gasteiger partial charge on any atom is -0.494 e. The first kappa shape index (κ1) is 17.7. The summed E-state index contributed by atoms with van der Waals surface area (Å²) in [5, 5.41) is 0. The number of carbonyl (C=O) groups excluding carboxylic acids is 1. The van der Waals surface area contributed by atoms with E-state index >= 15 is 0 Å². The lowest BCUT2D eigenvalue weighted by atomic mass is 10.0. The zero-order valence-electron chi connectivity index (χ0n) is 15.2. The number of carbonyl (C=O) groups is 1. The number of methoxy groups -OCH3 is 1. The minimum absolute atomic E-state index is 0.124. The van der Waals surface area contributed by atoms with Gasteiger partial charge in [-0.1, -0.05) is 0 Å². The molecule has 0 atom stereocenters. The van der Waals surface area contributed by atoms with E-state index in [0.29, 0.717) is 38.3 Å². The number of rotatable bonds is 3. The van der Waals surface area contributed by atoms with Crippen LogP contribution in [0.4, 0.5) is 10.2 Å².